The number of halogens is 3. The van der Waals surface area contributed by atoms with Gasteiger partial charge in [0.05, 0.1) is 13.4 Å². The summed E-state index contributed by atoms with van der Waals surface area (Å²) in [5, 5.41) is 8.38. The molecule has 0 fully saturated rings. The molecule has 8 nitrogen and oxygen atoms in total. The predicted molar refractivity (Wildman–Crippen MR) is 98.3 cm³/mol. The van der Waals surface area contributed by atoms with Crippen molar-refractivity contribution in [1.82, 2.24) is 9.97 Å². The molecule has 0 saturated heterocycles. The van der Waals surface area contributed by atoms with E-state index in [1.54, 1.807) is 18.2 Å². The van der Waals surface area contributed by atoms with E-state index in [2.05, 4.69) is 14.7 Å². The van der Waals surface area contributed by atoms with Crippen molar-refractivity contribution in [2.45, 2.75) is 17.8 Å². The monoisotopic (exact) mass is 446 g/mol. The lowest BCUT2D eigenvalue weighted by Crippen LogP contribution is -2.16. The Kier molecular flexibility index (Phi) is 7.03. The fourth-order valence-electron chi connectivity index (χ4n) is 2.36. The van der Waals surface area contributed by atoms with Crippen molar-refractivity contribution in [3.8, 4) is 5.88 Å². The van der Waals surface area contributed by atoms with E-state index in [1.165, 1.54) is 6.08 Å². The van der Waals surface area contributed by atoms with Gasteiger partial charge in [-0.25, -0.2) is 18.2 Å². The number of rotatable bonds is 6. The van der Waals surface area contributed by atoms with Crippen LogP contribution in [0.5, 0.6) is 5.88 Å². The molecule has 1 heterocycles. The highest BCUT2D eigenvalue weighted by molar-refractivity contribution is 7.90. The number of aliphatic hydroxyl groups is 1. The van der Waals surface area contributed by atoms with Gasteiger partial charge in [-0.3, -0.25) is 0 Å². The standard InChI is InChI=1S/C18H17F3N2O6S/c1-28-16(25)13(9-24)12-7-5-3-4-6-11(12)10-29-15-8-14(18(19,20)21)22-17(23-15)30(2,26)27/h3-4,6-9,24H,5,10H2,1-2H3/b13-9+. The van der Waals surface area contributed by atoms with E-state index in [9.17, 15) is 31.5 Å². The highest BCUT2D eigenvalue weighted by atomic mass is 32.2. The number of sulfone groups is 1. The zero-order valence-electron chi connectivity index (χ0n) is 15.8. The molecule has 0 radical (unpaired) electrons. The lowest BCUT2D eigenvalue weighted by atomic mass is 9.98. The topological polar surface area (TPSA) is 116 Å². The largest absolute Gasteiger partial charge is 0.515 e. The fraction of sp³-hybridized carbons (Fsp3) is 0.278. The van der Waals surface area contributed by atoms with Crippen LogP contribution in [0.4, 0.5) is 13.2 Å². The van der Waals surface area contributed by atoms with Gasteiger partial charge in [-0.1, -0.05) is 24.3 Å². The first-order chi connectivity index (χ1) is 14.0. The van der Waals surface area contributed by atoms with E-state index in [-0.39, 0.29) is 17.8 Å². The lowest BCUT2D eigenvalue weighted by molar-refractivity contribution is -0.142. The van der Waals surface area contributed by atoms with E-state index < -0.39 is 38.7 Å². The number of methoxy groups -OCH3 is 1. The Balaban J connectivity index is 2.40. The van der Waals surface area contributed by atoms with Gasteiger partial charge in [0.2, 0.25) is 15.7 Å². The van der Waals surface area contributed by atoms with E-state index in [1.807, 2.05) is 0 Å². The van der Waals surface area contributed by atoms with Crippen molar-refractivity contribution in [2.24, 2.45) is 0 Å². The normalized spacial score (nSPS) is 15.2. The van der Waals surface area contributed by atoms with E-state index in [4.69, 9.17) is 4.74 Å². The summed E-state index contributed by atoms with van der Waals surface area (Å²) in [5.41, 5.74) is -1.12. The van der Waals surface area contributed by atoms with Gasteiger partial charge >= 0.3 is 12.1 Å². The minimum atomic E-state index is -4.92. The van der Waals surface area contributed by atoms with Crippen LogP contribution in [0.2, 0.25) is 0 Å². The summed E-state index contributed by atoms with van der Waals surface area (Å²) in [6.07, 6.45) is 3.15. The molecule has 0 atom stereocenters. The first-order valence-electron chi connectivity index (χ1n) is 8.25. The molecule has 0 aliphatic heterocycles. The van der Waals surface area contributed by atoms with Crippen LogP contribution < -0.4 is 4.74 Å². The molecule has 162 valence electrons. The Morgan fingerprint density at radius 3 is 2.60 bits per heavy atom. The molecular weight excluding hydrogens is 429 g/mol. The third kappa shape index (κ3) is 5.69. The van der Waals surface area contributed by atoms with Crippen LogP contribution in [-0.2, 0) is 25.5 Å². The molecule has 12 heteroatoms. The van der Waals surface area contributed by atoms with Crippen LogP contribution >= 0.6 is 0 Å². The third-order valence-corrected chi connectivity index (χ3v) is 4.59. The smallest absolute Gasteiger partial charge is 0.433 e. The Bertz CT molecular complexity index is 1060. The minimum Gasteiger partial charge on any atom is -0.515 e. The number of allylic oxidation sites excluding steroid dienone is 4. The first kappa shape index (κ1) is 23.1. The van der Waals surface area contributed by atoms with Crippen molar-refractivity contribution in [3.63, 3.8) is 0 Å². The highest BCUT2D eigenvalue weighted by Gasteiger charge is 2.35. The average molecular weight is 446 g/mol. The molecule has 0 aromatic carbocycles. The molecule has 1 N–H and O–H groups in total. The van der Waals surface area contributed by atoms with Gasteiger partial charge in [0.25, 0.3) is 5.16 Å². The Morgan fingerprint density at radius 2 is 2.03 bits per heavy atom. The van der Waals surface area contributed by atoms with Crippen molar-refractivity contribution < 1.29 is 41.0 Å². The number of carbonyl (C=O) groups excluding carboxylic acids is 1. The number of carbonyl (C=O) groups is 1. The Labute approximate surface area is 170 Å². The van der Waals surface area contributed by atoms with Crippen LogP contribution in [0, 0.1) is 0 Å². The molecule has 2 rings (SSSR count). The van der Waals surface area contributed by atoms with Crippen LogP contribution in [0.3, 0.4) is 0 Å². The molecule has 0 bridgehead atoms. The van der Waals surface area contributed by atoms with E-state index >= 15 is 0 Å². The van der Waals surface area contributed by atoms with Crippen LogP contribution in [0.25, 0.3) is 0 Å². The average Bonchev–Trinajstić information content (AvgIpc) is 2.90. The van der Waals surface area contributed by atoms with Crippen LogP contribution in [0.1, 0.15) is 12.1 Å². The lowest BCUT2D eigenvalue weighted by Gasteiger charge is -2.15. The maximum atomic E-state index is 13.1. The van der Waals surface area contributed by atoms with E-state index in [0.717, 1.165) is 7.11 Å². The quantitative estimate of drug-likeness (QED) is 0.307. The summed E-state index contributed by atoms with van der Waals surface area (Å²) >= 11 is 0. The van der Waals surface area contributed by atoms with Gasteiger partial charge in [0.15, 0.2) is 5.69 Å². The van der Waals surface area contributed by atoms with Gasteiger partial charge < -0.3 is 14.6 Å². The number of ether oxygens (including phenoxy) is 2. The molecule has 1 aliphatic carbocycles. The number of aliphatic hydroxyl groups excluding tert-OH is 1. The number of alkyl halides is 3. The molecule has 1 aromatic rings. The van der Waals surface area contributed by atoms with Crippen molar-refractivity contribution >= 4 is 15.8 Å². The molecular formula is C18H17F3N2O6S. The van der Waals surface area contributed by atoms with Gasteiger partial charge in [-0.2, -0.15) is 18.2 Å². The van der Waals surface area contributed by atoms with Crippen LogP contribution in [0.15, 0.2) is 58.5 Å². The Hall–Kier alpha value is -3.15. The minimum absolute atomic E-state index is 0.188. The number of aromatic nitrogens is 2. The summed E-state index contributed by atoms with van der Waals surface area (Å²) in [4.78, 5) is 18.4. The van der Waals surface area contributed by atoms with Crippen molar-refractivity contribution in [3.05, 3.63) is 59.0 Å². The highest BCUT2D eigenvalue weighted by Crippen LogP contribution is 2.31. The maximum Gasteiger partial charge on any atom is 0.433 e. The molecule has 0 amide bonds. The zero-order chi connectivity index (χ0) is 22.5. The summed E-state index contributed by atoms with van der Waals surface area (Å²) < 4.78 is 72.4. The molecule has 0 unspecified atom stereocenters. The predicted octanol–water partition coefficient (Wildman–Crippen LogP) is 2.71. The molecule has 30 heavy (non-hydrogen) atoms. The van der Waals surface area contributed by atoms with Gasteiger partial charge in [-0.15, -0.1) is 0 Å². The molecule has 0 spiro atoms. The second-order valence-electron chi connectivity index (χ2n) is 5.94. The zero-order valence-corrected chi connectivity index (χ0v) is 16.6. The molecule has 1 aromatic heterocycles. The van der Waals surface area contributed by atoms with Gasteiger partial charge in [-0.05, 0) is 17.6 Å². The van der Waals surface area contributed by atoms with Crippen LogP contribution in [-0.4, -0.2) is 49.4 Å². The summed E-state index contributed by atoms with van der Waals surface area (Å²) in [7, 11) is -3.02. The van der Waals surface area contributed by atoms with Crippen molar-refractivity contribution in [2.75, 3.05) is 20.0 Å². The van der Waals surface area contributed by atoms with Gasteiger partial charge in [0, 0.05) is 12.3 Å². The summed E-state index contributed by atoms with van der Waals surface area (Å²) in [6.45, 7) is -0.387. The second kappa shape index (κ2) is 9.11. The first-order valence-corrected chi connectivity index (χ1v) is 10.1. The summed E-state index contributed by atoms with van der Waals surface area (Å²) in [6, 6.07) is 0.467. The summed E-state index contributed by atoms with van der Waals surface area (Å²) in [5.74, 6) is -1.46. The number of esters is 1. The maximum absolute atomic E-state index is 13.1. The second-order valence-corrected chi connectivity index (χ2v) is 7.85. The molecule has 0 saturated carbocycles. The number of hydrogen-bond acceptors (Lipinski definition) is 8. The Morgan fingerprint density at radius 1 is 1.33 bits per heavy atom. The fourth-order valence-corrected chi connectivity index (χ4v) is 2.88. The SMILES string of the molecule is COC(=O)/C(=C/O)C1=CCC=CC=C1COc1cc(C(F)(F)F)nc(S(C)(=O)=O)n1. The number of nitrogens with zero attached hydrogens (tertiary/aromatic N) is 2. The van der Waals surface area contributed by atoms with E-state index in [0.29, 0.717) is 30.6 Å². The number of hydrogen-bond donors (Lipinski definition) is 1. The van der Waals surface area contributed by atoms with Gasteiger partial charge in [0.1, 0.15) is 12.2 Å². The third-order valence-electron chi connectivity index (χ3n) is 3.74. The van der Waals surface area contributed by atoms with Crippen molar-refractivity contribution in [1.29, 1.82) is 0 Å². The molecule has 1 aliphatic rings.